The Bertz CT molecular complexity index is 566. The first kappa shape index (κ1) is 13.0. The van der Waals surface area contributed by atoms with Gasteiger partial charge in [-0.25, -0.2) is 4.79 Å². The molecule has 0 aliphatic carbocycles. The average molecular weight is 259 g/mol. The first-order valence-corrected chi connectivity index (χ1v) is 5.75. The quantitative estimate of drug-likeness (QED) is 0.859. The Morgan fingerprint density at radius 1 is 1.21 bits per heavy atom. The van der Waals surface area contributed by atoms with Gasteiger partial charge in [0.2, 0.25) is 0 Å². The molecule has 0 saturated carbocycles. The van der Waals surface area contributed by atoms with Gasteiger partial charge in [0.15, 0.2) is 0 Å². The van der Waals surface area contributed by atoms with Gasteiger partial charge in [0.05, 0.1) is 0 Å². The highest BCUT2D eigenvalue weighted by Gasteiger charge is 2.11. The molecule has 2 N–H and O–H groups in total. The van der Waals surface area contributed by atoms with Gasteiger partial charge in [0.1, 0.15) is 17.1 Å². The SMILES string of the molecule is O=C(O)c1cnccc1Oc1ccc(CCO)cc1. The van der Waals surface area contributed by atoms with Gasteiger partial charge >= 0.3 is 5.97 Å². The van der Waals surface area contributed by atoms with E-state index < -0.39 is 5.97 Å². The fraction of sp³-hybridized carbons (Fsp3) is 0.143. The Balaban J connectivity index is 2.19. The van der Waals surface area contributed by atoms with Crippen LogP contribution in [0.1, 0.15) is 15.9 Å². The molecule has 0 spiro atoms. The second-order valence-electron chi connectivity index (χ2n) is 3.90. The molecule has 0 unspecified atom stereocenters. The molecule has 0 atom stereocenters. The summed E-state index contributed by atoms with van der Waals surface area (Å²) in [5, 5.41) is 17.8. The van der Waals surface area contributed by atoms with Gasteiger partial charge in [0.25, 0.3) is 0 Å². The smallest absolute Gasteiger partial charge is 0.341 e. The number of hydrogen-bond donors (Lipinski definition) is 2. The zero-order valence-electron chi connectivity index (χ0n) is 10.1. The predicted octanol–water partition coefficient (Wildman–Crippen LogP) is 2.11. The normalized spacial score (nSPS) is 10.2. The minimum atomic E-state index is -1.08. The topological polar surface area (TPSA) is 79.7 Å². The molecular formula is C14H13NO4. The number of nitrogens with zero attached hydrogens (tertiary/aromatic N) is 1. The highest BCUT2D eigenvalue weighted by Crippen LogP contribution is 2.24. The van der Waals surface area contributed by atoms with E-state index in [9.17, 15) is 4.79 Å². The summed E-state index contributed by atoms with van der Waals surface area (Å²) in [6.45, 7) is 0.0910. The summed E-state index contributed by atoms with van der Waals surface area (Å²) < 4.78 is 5.52. The van der Waals surface area contributed by atoms with E-state index in [0.717, 1.165) is 5.56 Å². The summed E-state index contributed by atoms with van der Waals surface area (Å²) in [6.07, 6.45) is 3.30. The molecule has 0 saturated heterocycles. The van der Waals surface area contributed by atoms with Crippen molar-refractivity contribution in [3.8, 4) is 11.5 Å². The number of ether oxygens (including phenoxy) is 1. The van der Waals surface area contributed by atoms with Crippen LogP contribution in [0.5, 0.6) is 11.5 Å². The molecule has 1 heterocycles. The molecule has 19 heavy (non-hydrogen) atoms. The summed E-state index contributed by atoms with van der Waals surface area (Å²) in [5.41, 5.74) is 1.00. The van der Waals surface area contributed by atoms with Crippen LogP contribution in [0.4, 0.5) is 0 Å². The minimum Gasteiger partial charge on any atom is -0.477 e. The lowest BCUT2D eigenvalue weighted by atomic mass is 10.1. The number of carbonyl (C=O) groups is 1. The maximum Gasteiger partial charge on any atom is 0.341 e. The molecule has 0 fully saturated rings. The summed E-state index contributed by atoms with van der Waals surface area (Å²) in [7, 11) is 0. The fourth-order valence-corrected chi connectivity index (χ4v) is 1.61. The molecule has 5 heteroatoms. The van der Waals surface area contributed by atoms with Gasteiger partial charge in [0, 0.05) is 25.1 Å². The van der Waals surface area contributed by atoms with Crippen LogP contribution >= 0.6 is 0 Å². The van der Waals surface area contributed by atoms with Crippen LogP contribution in [0.25, 0.3) is 0 Å². The molecule has 0 bridgehead atoms. The van der Waals surface area contributed by atoms with Crippen molar-refractivity contribution in [2.75, 3.05) is 6.61 Å². The molecule has 2 rings (SSSR count). The number of hydrogen-bond acceptors (Lipinski definition) is 4. The standard InChI is InChI=1S/C14H13NO4/c16-8-6-10-1-3-11(4-2-10)19-13-5-7-15-9-12(13)14(17)18/h1-5,7,9,16H,6,8H2,(H,17,18). The summed E-state index contributed by atoms with van der Waals surface area (Å²) in [5.74, 6) is -0.298. The van der Waals surface area contributed by atoms with Crippen molar-refractivity contribution in [1.82, 2.24) is 4.98 Å². The highest BCUT2D eigenvalue weighted by molar-refractivity contribution is 5.90. The van der Waals surface area contributed by atoms with Crippen molar-refractivity contribution in [2.24, 2.45) is 0 Å². The van der Waals surface area contributed by atoms with Gasteiger partial charge in [-0.05, 0) is 24.1 Å². The van der Waals surface area contributed by atoms with Crippen molar-refractivity contribution in [2.45, 2.75) is 6.42 Å². The summed E-state index contributed by atoms with van der Waals surface area (Å²) >= 11 is 0. The summed E-state index contributed by atoms with van der Waals surface area (Å²) in [4.78, 5) is 14.8. The monoisotopic (exact) mass is 259 g/mol. The molecular weight excluding hydrogens is 246 g/mol. The maximum atomic E-state index is 11.0. The number of aliphatic hydroxyl groups excluding tert-OH is 1. The van der Waals surface area contributed by atoms with Gasteiger partial charge in [-0.3, -0.25) is 4.98 Å². The summed E-state index contributed by atoms with van der Waals surface area (Å²) in [6, 6.07) is 8.62. The number of aromatic carboxylic acids is 1. The van der Waals surface area contributed by atoms with Gasteiger partial charge in [-0.15, -0.1) is 0 Å². The number of pyridine rings is 1. The molecule has 0 radical (unpaired) electrons. The van der Waals surface area contributed by atoms with Crippen LogP contribution in [-0.4, -0.2) is 27.8 Å². The Morgan fingerprint density at radius 3 is 2.58 bits per heavy atom. The van der Waals surface area contributed by atoms with Crippen molar-refractivity contribution < 1.29 is 19.7 Å². The van der Waals surface area contributed by atoms with Gasteiger partial charge in [-0.2, -0.15) is 0 Å². The number of aromatic nitrogens is 1. The van der Waals surface area contributed by atoms with Crippen LogP contribution in [-0.2, 0) is 6.42 Å². The molecule has 1 aromatic carbocycles. The predicted molar refractivity (Wildman–Crippen MR) is 68.5 cm³/mol. The van der Waals surface area contributed by atoms with E-state index in [2.05, 4.69) is 4.98 Å². The Morgan fingerprint density at radius 2 is 1.95 bits per heavy atom. The average Bonchev–Trinajstić information content (AvgIpc) is 2.42. The maximum absolute atomic E-state index is 11.0. The largest absolute Gasteiger partial charge is 0.477 e. The molecule has 5 nitrogen and oxygen atoms in total. The number of carboxylic acids is 1. The van der Waals surface area contributed by atoms with Crippen molar-refractivity contribution in [3.05, 3.63) is 53.9 Å². The van der Waals surface area contributed by atoms with Crippen molar-refractivity contribution in [1.29, 1.82) is 0 Å². The number of rotatable bonds is 5. The van der Waals surface area contributed by atoms with Crippen LogP contribution in [0.15, 0.2) is 42.7 Å². The minimum absolute atomic E-state index is 0.0157. The lowest BCUT2D eigenvalue weighted by Gasteiger charge is -2.08. The van der Waals surface area contributed by atoms with E-state index >= 15 is 0 Å². The molecule has 0 amide bonds. The number of carboxylic acid groups (broad SMARTS) is 1. The molecule has 2 aromatic rings. The first-order valence-electron chi connectivity index (χ1n) is 5.75. The zero-order chi connectivity index (χ0) is 13.7. The van der Waals surface area contributed by atoms with Gasteiger partial charge < -0.3 is 14.9 Å². The number of benzene rings is 1. The second-order valence-corrected chi connectivity index (χ2v) is 3.90. The van der Waals surface area contributed by atoms with Crippen LogP contribution < -0.4 is 4.74 Å². The first-order chi connectivity index (χ1) is 9.20. The van der Waals surface area contributed by atoms with E-state index in [4.69, 9.17) is 14.9 Å². The van der Waals surface area contributed by atoms with Crippen molar-refractivity contribution in [3.63, 3.8) is 0 Å². The third-order valence-electron chi connectivity index (χ3n) is 2.56. The molecule has 1 aromatic heterocycles. The zero-order valence-corrected chi connectivity index (χ0v) is 10.1. The van der Waals surface area contributed by atoms with Gasteiger partial charge in [-0.1, -0.05) is 12.1 Å². The van der Waals surface area contributed by atoms with E-state index in [0.29, 0.717) is 12.2 Å². The Labute approximate surface area is 110 Å². The van der Waals surface area contributed by atoms with Crippen molar-refractivity contribution >= 4 is 5.97 Å². The third kappa shape index (κ3) is 3.29. The van der Waals surface area contributed by atoms with E-state index in [1.165, 1.54) is 18.5 Å². The lowest BCUT2D eigenvalue weighted by Crippen LogP contribution is -2.00. The van der Waals surface area contributed by atoms with E-state index in [1.807, 2.05) is 12.1 Å². The molecule has 0 aliphatic heterocycles. The number of aliphatic hydroxyl groups is 1. The lowest BCUT2D eigenvalue weighted by molar-refractivity contribution is 0.0693. The van der Waals surface area contributed by atoms with E-state index in [1.54, 1.807) is 12.1 Å². The Hall–Kier alpha value is -2.40. The highest BCUT2D eigenvalue weighted by atomic mass is 16.5. The van der Waals surface area contributed by atoms with Crippen LogP contribution in [0.2, 0.25) is 0 Å². The van der Waals surface area contributed by atoms with E-state index in [-0.39, 0.29) is 17.9 Å². The molecule has 98 valence electrons. The third-order valence-corrected chi connectivity index (χ3v) is 2.56. The van der Waals surface area contributed by atoms with Crippen LogP contribution in [0.3, 0.4) is 0 Å². The fourth-order valence-electron chi connectivity index (χ4n) is 1.61. The van der Waals surface area contributed by atoms with Crippen LogP contribution in [0, 0.1) is 0 Å². The molecule has 0 aliphatic rings. The Kier molecular flexibility index (Phi) is 4.10. The second kappa shape index (κ2) is 5.97.